The minimum Gasteiger partial charge on any atom is -0.488 e. The fourth-order valence-corrected chi connectivity index (χ4v) is 2.61. The predicted molar refractivity (Wildman–Crippen MR) is 94.0 cm³/mol. The minimum atomic E-state index is -0.430. The van der Waals surface area contributed by atoms with E-state index in [1.54, 1.807) is 36.4 Å². The van der Waals surface area contributed by atoms with Crippen LogP contribution in [0.25, 0.3) is 6.08 Å². The lowest BCUT2D eigenvalue weighted by Crippen LogP contribution is -2.21. The third-order valence-corrected chi connectivity index (χ3v) is 3.93. The van der Waals surface area contributed by atoms with Gasteiger partial charge < -0.3 is 10.1 Å². The Morgan fingerprint density at radius 2 is 1.96 bits per heavy atom. The maximum Gasteiger partial charge on any atom is 0.273 e. The Kier molecular flexibility index (Phi) is 4.78. The molecule has 2 aromatic rings. The third-order valence-electron chi connectivity index (χ3n) is 3.37. The van der Waals surface area contributed by atoms with E-state index < -0.39 is 5.82 Å². The molecule has 24 heavy (non-hydrogen) atoms. The predicted octanol–water partition coefficient (Wildman–Crippen LogP) is 3.40. The number of rotatable bonds is 4. The zero-order valence-electron chi connectivity index (χ0n) is 12.3. The Hall–Kier alpha value is -2.44. The number of ether oxygens (including phenoxy) is 1. The molecule has 0 bridgehead atoms. The molecule has 122 valence electrons. The number of thiocarbonyl (C=S) groups is 1. The summed E-state index contributed by atoms with van der Waals surface area (Å²) >= 11 is 10.9. The molecule has 1 aliphatic heterocycles. The normalized spacial score (nSPS) is 15.3. The smallest absolute Gasteiger partial charge is 0.273 e. The molecule has 4 nitrogen and oxygen atoms in total. The molecule has 2 aromatic carbocycles. The van der Waals surface area contributed by atoms with Gasteiger partial charge in [-0.3, -0.25) is 10.1 Å². The standard InChI is InChI=1S/C17H12ClFN2O2S/c18-12-5-3-6-13(19)11(12)9-23-15-7-2-1-4-10(15)8-14-16(22)21-17(24)20-14/h1-8H,9H2,(H2,20,21,22,24)/b14-8+. The van der Waals surface area contributed by atoms with E-state index in [0.717, 1.165) is 0 Å². The van der Waals surface area contributed by atoms with Gasteiger partial charge in [0.2, 0.25) is 0 Å². The summed E-state index contributed by atoms with van der Waals surface area (Å²) in [5.74, 6) is -0.246. The summed E-state index contributed by atoms with van der Waals surface area (Å²) in [6.45, 7) is -0.0241. The molecule has 7 heteroatoms. The van der Waals surface area contributed by atoms with Crippen molar-refractivity contribution in [3.8, 4) is 5.75 Å². The van der Waals surface area contributed by atoms with Crippen molar-refractivity contribution in [2.45, 2.75) is 6.61 Å². The van der Waals surface area contributed by atoms with Gasteiger partial charge in [0.05, 0.1) is 5.02 Å². The molecule has 0 aliphatic carbocycles. The van der Waals surface area contributed by atoms with Crippen molar-refractivity contribution >= 4 is 40.9 Å². The van der Waals surface area contributed by atoms with Crippen molar-refractivity contribution in [1.82, 2.24) is 10.6 Å². The molecule has 0 unspecified atom stereocenters. The molecule has 1 aliphatic rings. The van der Waals surface area contributed by atoms with Gasteiger partial charge in [0.1, 0.15) is 23.9 Å². The summed E-state index contributed by atoms with van der Waals surface area (Å²) in [4.78, 5) is 11.7. The van der Waals surface area contributed by atoms with Gasteiger partial charge in [-0.05, 0) is 36.5 Å². The van der Waals surface area contributed by atoms with E-state index in [2.05, 4.69) is 10.6 Å². The fourth-order valence-electron chi connectivity index (χ4n) is 2.19. The van der Waals surface area contributed by atoms with Crippen molar-refractivity contribution in [3.63, 3.8) is 0 Å². The lowest BCUT2D eigenvalue weighted by molar-refractivity contribution is -0.115. The highest BCUT2D eigenvalue weighted by Gasteiger charge is 2.20. The lowest BCUT2D eigenvalue weighted by atomic mass is 10.1. The number of hydrogen-bond donors (Lipinski definition) is 2. The number of benzene rings is 2. The Morgan fingerprint density at radius 3 is 2.67 bits per heavy atom. The van der Waals surface area contributed by atoms with Crippen LogP contribution in [0.4, 0.5) is 4.39 Å². The number of para-hydroxylation sites is 1. The van der Waals surface area contributed by atoms with Gasteiger partial charge in [-0.15, -0.1) is 0 Å². The third kappa shape index (κ3) is 3.55. The second-order valence-electron chi connectivity index (χ2n) is 4.99. The van der Waals surface area contributed by atoms with Crippen LogP contribution in [-0.2, 0) is 11.4 Å². The van der Waals surface area contributed by atoms with Gasteiger partial charge in [-0.2, -0.15) is 0 Å². The molecule has 1 amide bonds. The van der Waals surface area contributed by atoms with E-state index in [-0.39, 0.29) is 23.2 Å². The van der Waals surface area contributed by atoms with Crippen LogP contribution >= 0.6 is 23.8 Å². The quantitative estimate of drug-likeness (QED) is 0.646. The molecule has 0 spiro atoms. The second-order valence-corrected chi connectivity index (χ2v) is 5.81. The molecule has 3 rings (SSSR count). The topological polar surface area (TPSA) is 50.4 Å². The lowest BCUT2D eigenvalue weighted by Gasteiger charge is -2.11. The summed E-state index contributed by atoms with van der Waals surface area (Å²) in [7, 11) is 0. The number of amides is 1. The first-order chi connectivity index (χ1) is 11.5. The number of nitrogens with one attached hydrogen (secondary N) is 2. The summed E-state index contributed by atoms with van der Waals surface area (Å²) in [5.41, 5.74) is 1.26. The Bertz CT molecular complexity index is 834. The van der Waals surface area contributed by atoms with Crippen LogP contribution in [0.1, 0.15) is 11.1 Å². The average molecular weight is 363 g/mol. The van der Waals surface area contributed by atoms with Crippen LogP contribution in [0, 0.1) is 5.82 Å². The number of carbonyl (C=O) groups excluding carboxylic acids is 1. The second kappa shape index (κ2) is 6.98. The van der Waals surface area contributed by atoms with Gasteiger partial charge in [0.25, 0.3) is 5.91 Å². The van der Waals surface area contributed by atoms with Crippen LogP contribution in [0.3, 0.4) is 0 Å². The van der Waals surface area contributed by atoms with Gasteiger partial charge in [0.15, 0.2) is 5.11 Å². The Morgan fingerprint density at radius 1 is 1.17 bits per heavy atom. The van der Waals surface area contributed by atoms with E-state index in [0.29, 0.717) is 22.0 Å². The molecule has 0 atom stereocenters. The minimum absolute atomic E-state index is 0.0241. The van der Waals surface area contributed by atoms with Crippen molar-refractivity contribution in [2.75, 3.05) is 0 Å². The van der Waals surface area contributed by atoms with E-state index in [9.17, 15) is 9.18 Å². The van der Waals surface area contributed by atoms with Crippen molar-refractivity contribution in [2.24, 2.45) is 0 Å². The molecule has 0 saturated carbocycles. The first kappa shape index (κ1) is 16.4. The Labute approximate surface area is 148 Å². The fraction of sp³-hybridized carbons (Fsp3) is 0.0588. The van der Waals surface area contributed by atoms with E-state index in [1.807, 2.05) is 0 Å². The number of hydrogen-bond acceptors (Lipinski definition) is 3. The maximum atomic E-state index is 13.8. The monoisotopic (exact) mass is 362 g/mol. The van der Waals surface area contributed by atoms with Crippen LogP contribution in [0.2, 0.25) is 5.02 Å². The van der Waals surface area contributed by atoms with Crippen molar-refractivity contribution in [3.05, 3.63) is 70.1 Å². The van der Waals surface area contributed by atoms with Gasteiger partial charge >= 0.3 is 0 Å². The Balaban J connectivity index is 1.84. The maximum absolute atomic E-state index is 13.8. The van der Waals surface area contributed by atoms with Crippen molar-refractivity contribution < 1.29 is 13.9 Å². The summed E-state index contributed by atoms with van der Waals surface area (Å²) in [5, 5.41) is 5.80. The zero-order valence-corrected chi connectivity index (χ0v) is 13.9. The molecule has 0 aromatic heterocycles. The molecular formula is C17H12ClFN2O2S. The highest BCUT2D eigenvalue weighted by molar-refractivity contribution is 7.80. The molecular weight excluding hydrogens is 351 g/mol. The van der Waals surface area contributed by atoms with Crippen LogP contribution in [0.5, 0.6) is 5.75 Å². The van der Waals surface area contributed by atoms with Gasteiger partial charge in [-0.25, -0.2) is 4.39 Å². The first-order valence-electron chi connectivity index (χ1n) is 7.03. The van der Waals surface area contributed by atoms with Gasteiger partial charge in [0, 0.05) is 11.1 Å². The average Bonchev–Trinajstić information content (AvgIpc) is 2.86. The van der Waals surface area contributed by atoms with Gasteiger partial charge in [-0.1, -0.05) is 35.9 Å². The molecule has 2 N–H and O–H groups in total. The van der Waals surface area contributed by atoms with E-state index >= 15 is 0 Å². The van der Waals surface area contributed by atoms with E-state index in [1.165, 1.54) is 12.1 Å². The summed E-state index contributed by atoms with van der Waals surface area (Å²) in [6.07, 6.45) is 1.62. The molecule has 1 saturated heterocycles. The molecule has 0 radical (unpaired) electrons. The highest BCUT2D eigenvalue weighted by atomic mass is 35.5. The number of halogens is 2. The zero-order chi connectivity index (χ0) is 17.1. The summed E-state index contributed by atoms with van der Waals surface area (Å²) < 4.78 is 19.5. The number of carbonyl (C=O) groups is 1. The largest absolute Gasteiger partial charge is 0.488 e. The molecule has 1 heterocycles. The van der Waals surface area contributed by atoms with Crippen LogP contribution in [0.15, 0.2) is 48.2 Å². The van der Waals surface area contributed by atoms with Crippen molar-refractivity contribution in [1.29, 1.82) is 0 Å². The molecule has 1 fully saturated rings. The van der Waals surface area contributed by atoms with Crippen LogP contribution < -0.4 is 15.4 Å². The van der Waals surface area contributed by atoms with Crippen LogP contribution in [-0.4, -0.2) is 11.0 Å². The highest BCUT2D eigenvalue weighted by Crippen LogP contribution is 2.25. The SMILES string of the molecule is O=C1NC(=S)N/C1=C/c1ccccc1OCc1c(F)cccc1Cl. The van der Waals surface area contributed by atoms with E-state index in [4.69, 9.17) is 28.6 Å². The summed E-state index contributed by atoms with van der Waals surface area (Å²) in [6, 6.07) is 11.6. The first-order valence-corrected chi connectivity index (χ1v) is 7.82.